The van der Waals surface area contributed by atoms with Crippen molar-refractivity contribution in [2.45, 2.75) is 77.0 Å². The summed E-state index contributed by atoms with van der Waals surface area (Å²) in [7, 11) is 3.37. The molecule has 1 aliphatic heterocycles. The van der Waals surface area contributed by atoms with Gasteiger partial charge < -0.3 is 38.5 Å². The number of para-hydroxylation sites is 1. The lowest BCUT2D eigenvalue weighted by molar-refractivity contribution is -0.155. The third-order valence-corrected chi connectivity index (χ3v) is 9.18. The molecule has 9 nitrogen and oxygen atoms in total. The number of methoxy groups -OCH3 is 2. The smallest absolute Gasteiger partial charge is 0.306 e. The van der Waals surface area contributed by atoms with Gasteiger partial charge in [-0.25, -0.2) is 0 Å². The summed E-state index contributed by atoms with van der Waals surface area (Å²) < 4.78 is 42.0. The quantitative estimate of drug-likeness (QED) is 0.0739. The highest BCUT2D eigenvalue weighted by Crippen LogP contribution is 2.33. The number of ether oxygens (including phenoxy) is 7. The molecule has 1 N–H and O–H groups in total. The average molecular weight is 700 g/mol. The molecule has 4 unspecified atom stereocenters. The van der Waals surface area contributed by atoms with Crippen molar-refractivity contribution in [3.05, 3.63) is 102 Å². The van der Waals surface area contributed by atoms with Crippen LogP contribution >= 0.6 is 0 Å². The fourth-order valence-electron chi connectivity index (χ4n) is 6.46. The largest absolute Gasteiger partial charge is 0.496 e. The van der Waals surface area contributed by atoms with E-state index in [0.29, 0.717) is 59.0 Å². The molecule has 0 aliphatic carbocycles. The van der Waals surface area contributed by atoms with Gasteiger partial charge in [0, 0.05) is 42.8 Å². The maximum atomic E-state index is 12.2. The van der Waals surface area contributed by atoms with Crippen molar-refractivity contribution >= 4 is 16.7 Å². The van der Waals surface area contributed by atoms with Gasteiger partial charge >= 0.3 is 5.97 Å². The number of rotatable bonds is 20. The second-order valence-electron chi connectivity index (χ2n) is 12.8. The third-order valence-electron chi connectivity index (χ3n) is 9.18. The maximum Gasteiger partial charge on any atom is 0.306 e. The number of carbonyl (C=O) groups is 1. The topological polar surface area (TPSA) is 93.7 Å². The molecule has 4 aromatic rings. The standard InChI is InChI=1S/C42H53NO8/c1-5-12-41(44)51-34(6-2)29-50-40-26-43-25-39(49-27-30-23-32-13-7-9-15-36(32)38(24-30)46-4)42(40)31-17-19-35(20-18-31)48-22-11-21-47-28-33-14-8-10-16-37(33)45-3/h7-10,13-20,23-24,34,39-40,42-43H,5-6,11-12,21-22,25-29H2,1-4H3. The van der Waals surface area contributed by atoms with Crippen LogP contribution in [0, 0.1) is 0 Å². The molecule has 1 heterocycles. The van der Waals surface area contributed by atoms with Crippen LogP contribution in [-0.2, 0) is 37.0 Å². The van der Waals surface area contributed by atoms with Crippen LogP contribution in [0.25, 0.3) is 10.8 Å². The number of hydrogen-bond acceptors (Lipinski definition) is 9. The van der Waals surface area contributed by atoms with Crippen LogP contribution in [0.5, 0.6) is 17.2 Å². The van der Waals surface area contributed by atoms with Crippen LogP contribution in [0.3, 0.4) is 0 Å². The van der Waals surface area contributed by atoms with E-state index < -0.39 is 0 Å². The summed E-state index contributed by atoms with van der Waals surface area (Å²) in [5.41, 5.74) is 3.17. The van der Waals surface area contributed by atoms with E-state index in [2.05, 4.69) is 35.6 Å². The van der Waals surface area contributed by atoms with Gasteiger partial charge in [-0.05, 0) is 59.7 Å². The highest BCUT2D eigenvalue weighted by atomic mass is 16.6. The molecular weight excluding hydrogens is 646 g/mol. The van der Waals surface area contributed by atoms with Gasteiger partial charge in [0.1, 0.15) is 23.4 Å². The number of nitrogens with one attached hydrogen (secondary N) is 1. The van der Waals surface area contributed by atoms with E-state index in [9.17, 15) is 4.79 Å². The van der Waals surface area contributed by atoms with Gasteiger partial charge in [0.05, 0.1) is 59.5 Å². The van der Waals surface area contributed by atoms with Crippen molar-refractivity contribution in [1.82, 2.24) is 5.32 Å². The SMILES string of the molecule is CCCC(=O)OC(CC)COC1CNCC(OCc2cc(OC)c3ccccc3c2)C1c1ccc(OCCCOCc2ccccc2OC)cc1. The lowest BCUT2D eigenvalue weighted by Crippen LogP contribution is -2.51. The summed E-state index contributed by atoms with van der Waals surface area (Å²) in [5, 5.41) is 5.70. The Labute approximate surface area is 302 Å². The van der Waals surface area contributed by atoms with Gasteiger partial charge in [0.15, 0.2) is 0 Å². The first-order valence-corrected chi connectivity index (χ1v) is 18.1. The summed E-state index contributed by atoms with van der Waals surface area (Å²) in [6.45, 7) is 7.67. The molecule has 0 aromatic heterocycles. The Balaban J connectivity index is 1.23. The van der Waals surface area contributed by atoms with E-state index in [1.807, 2.05) is 68.4 Å². The Morgan fingerprint density at radius 2 is 1.57 bits per heavy atom. The fourth-order valence-corrected chi connectivity index (χ4v) is 6.46. The van der Waals surface area contributed by atoms with Crippen LogP contribution in [0.2, 0.25) is 0 Å². The average Bonchev–Trinajstić information content (AvgIpc) is 3.17. The predicted octanol–water partition coefficient (Wildman–Crippen LogP) is 7.62. The fraction of sp³-hybridized carbons (Fsp3) is 0.452. The van der Waals surface area contributed by atoms with Gasteiger partial charge in [-0.2, -0.15) is 0 Å². The first kappa shape index (κ1) is 38.1. The second-order valence-corrected chi connectivity index (χ2v) is 12.8. The van der Waals surface area contributed by atoms with Crippen molar-refractivity contribution < 1.29 is 38.0 Å². The molecule has 1 saturated heterocycles. The summed E-state index contributed by atoms with van der Waals surface area (Å²) in [4.78, 5) is 12.2. The van der Waals surface area contributed by atoms with E-state index in [1.165, 1.54) is 0 Å². The minimum absolute atomic E-state index is 0.0603. The van der Waals surface area contributed by atoms with E-state index in [1.54, 1.807) is 14.2 Å². The molecule has 0 spiro atoms. The number of piperidine rings is 1. The molecule has 4 atom stereocenters. The minimum Gasteiger partial charge on any atom is -0.496 e. The van der Waals surface area contributed by atoms with Crippen molar-refractivity contribution in [2.75, 3.05) is 47.1 Å². The second kappa shape index (κ2) is 20.0. The number of hydrogen-bond donors (Lipinski definition) is 1. The van der Waals surface area contributed by atoms with Gasteiger partial charge in [0.2, 0.25) is 0 Å². The molecule has 51 heavy (non-hydrogen) atoms. The Morgan fingerprint density at radius 1 is 0.824 bits per heavy atom. The van der Waals surface area contributed by atoms with Gasteiger partial charge in [-0.3, -0.25) is 4.79 Å². The Bertz CT molecular complexity index is 1640. The molecule has 4 aromatic carbocycles. The number of fused-ring (bicyclic) bond motifs is 1. The first-order valence-electron chi connectivity index (χ1n) is 18.1. The van der Waals surface area contributed by atoms with Crippen LogP contribution in [0.4, 0.5) is 0 Å². The molecule has 0 bridgehead atoms. The normalized spacial score (nSPS) is 17.9. The molecule has 0 saturated carbocycles. The van der Waals surface area contributed by atoms with E-state index in [4.69, 9.17) is 33.2 Å². The molecule has 0 amide bonds. The molecule has 9 heteroatoms. The molecule has 1 aliphatic rings. The summed E-state index contributed by atoms with van der Waals surface area (Å²) in [5.74, 6) is 2.21. The van der Waals surface area contributed by atoms with Crippen molar-refractivity contribution in [2.24, 2.45) is 0 Å². The van der Waals surface area contributed by atoms with Crippen LogP contribution in [-0.4, -0.2) is 71.4 Å². The molecule has 1 fully saturated rings. The molecular formula is C42H53NO8. The van der Waals surface area contributed by atoms with Crippen molar-refractivity contribution in [3.8, 4) is 17.2 Å². The Morgan fingerprint density at radius 3 is 2.33 bits per heavy atom. The van der Waals surface area contributed by atoms with Crippen LogP contribution in [0.1, 0.15) is 62.1 Å². The summed E-state index contributed by atoms with van der Waals surface area (Å²) in [6, 6.07) is 28.5. The molecule has 0 radical (unpaired) electrons. The highest BCUT2D eigenvalue weighted by molar-refractivity contribution is 5.89. The maximum absolute atomic E-state index is 12.2. The number of esters is 1. The zero-order valence-corrected chi connectivity index (χ0v) is 30.4. The predicted molar refractivity (Wildman–Crippen MR) is 199 cm³/mol. The van der Waals surface area contributed by atoms with Crippen LogP contribution in [0.15, 0.2) is 84.9 Å². The summed E-state index contributed by atoms with van der Waals surface area (Å²) >= 11 is 0. The van der Waals surface area contributed by atoms with Gasteiger partial charge in [-0.15, -0.1) is 0 Å². The zero-order chi connectivity index (χ0) is 35.8. The highest BCUT2D eigenvalue weighted by Gasteiger charge is 2.36. The van der Waals surface area contributed by atoms with Gasteiger partial charge in [-0.1, -0.05) is 68.4 Å². The number of benzene rings is 4. The number of carbonyl (C=O) groups excluding carboxylic acids is 1. The van der Waals surface area contributed by atoms with Crippen LogP contribution < -0.4 is 19.5 Å². The third kappa shape index (κ3) is 10.9. The first-order chi connectivity index (χ1) is 25.0. The van der Waals surface area contributed by atoms with E-state index in [0.717, 1.165) is 57.6 Å². The lowest BCUT2D eigenvalue weighted by Gasteiger charge is -2.39. The van der Waals surface area contributed by atoms with E-state index >= 15 is 0 Å². The monoisotopic (exact) mass is 699 g/mol. The zero-order valence-electron chi connectivity index (χ0n) is 30.4. The molecule has 274 valence electrons. The van der Waals surface area contributed by atoms with Crippen molar-refractivity contribution in [1.29, 1.82) is 0 Å². The summed E-state index contributed by atoms with van der Waals surface area (Å²) in [6.07, 6.45) is 1.94. The van der Waals surface area contributed by atoms with E-state index in [-0.39, 0.29) is 30.2 Å². The van der Waals surface area contributed by atoms with Gasteiger partial charge in [0.25, 0.3) is 0 Å². The molecule has 5 rings (SSSR count). The lowest BCUT2D eigenvalue weighted by atomic mass is 9.85. The van der Waals surface area contributed by atoms with Crippen molar-refractivity contribution in [3.63, 3.8) is 0 Å². The Hall–Kier alpha value is -4.15. The minimum atomic E-state index is -0.300. The Kier molecular flexibility index (Phi) is 15.0.